The second-order valence-electron chi connectivity index (χ2n) is 10.6. The largest absolute Gasteiger partial charge is 0.497 e. The average molecular weight is 663 g/mol. The molecule has 12 heteroatoms. The quantitative estimate of drug-likeness (QED) is 0.253. The summed E-state index contributed by atoms with van der Waals surface area (Å²) in [6.07, 6.45) is 4.93. The number of sulfonamides is 1. The van der Waals surface area contributed by atoms with Crippen molar-refractivity contribution in [1.29, 1.82) is 0 Å². The zero-order valence-corrected chi connectivity index (χ0v) is 27.3. The van der Waals surface area contributed by atoms with Crippen molar-refractivity contribution in [1.82, 2.24) is 10.2 Å². The Labute approximate surface area is 269 Å². The number of nitrogens with one attached hydrogen (secondary N) is 1. The lowest BCUT2D eigenvalue weighted by molar-refractivity contribution is -0.139. The van der Waals surface area contributed by atoms with Crippen LogP contribution in [0.25, 0.3) is 0 Å². The van der Waals surface area contributed by atoms with Crippen molar-refractivity contribution < 1.29 is 27.5 Å². The first-order valence-electron chi connectivity index (χ1n) is 14.4. The molecule has 1 saturated carbocycles. The first-order chi connectivity index (χ1) is 21.0. The fraction of sp³-hybridized carbons (Fsp3) is 0.375. The lowest BCUT2D eigenvalue weighted by Crippen LogP contribution is -2.53. The van der Waals surface area contributed by atoms with Crippen LogP contribution in [0.2, 0.25) is 10.0 Å². The van der Waals surface area contributed by atoms with Crippen molar-refractivity contribution in [2.45, 2.75) is 62.6 Å². The smallest absolute Gasteiger partial charge is 0.264 e. The number of halogens is 2. The minimum absolute atomic E-state index is 0.0234. The first-order valence-corrected chi connectivity index (χ1v) is 16.6. The van der Waals surface area contributed by atoms with Gasteiger partial charge in [0.25, 0.3) is 10.0 Å². The molecule has 1 fully saturated rings. The molecule has 1 aliphatic rings. The van der Waals surface area contributed by atoms with Gasteiger partial charge in [-0.3, -0.25) is 13.9 Å². The van der Waals surface area contributed by atoms with E-state index in [9.17, 15) is 18.0 Å². The van der Waals surface area contributed by atoms with Crippen LogP contribution in [-0.4, -0.2) is 58.0 Å². The van der Waals surface area contributed by atoms with Gasteiger partial charge in [-0.1, -0.05) is 60.7 Å². The molecule has 1 N–H and O–H groups in total. The molecule has 0 aromatic heterocycles. The van der Waals surface area contributed by atoms with Crippen LogP contribution in [0.3, 0.4) is 0 Å². The zero-order valence-electron chi connectivity index (χ0n) is 25.0. The Morgan fingerprint density at radius 1 is 0.955 bits per heavy atom. The third-order valence-corrected chi connectivity index (χ3v) is 10.1. The Hall–Kier alpha value is -3.47. The van der Waals surface area contributed by atoms with Crippen LogP contribution in [0.4, 0.5) is 5.69 Å². The van der Waals surface area contributed by atoms with Gasteiger partial charge in [-0.05, 0) is 73.9 Å². The van der Waals surface area contributed by atoms with Gasteiger partial charge in [0.15, 0.2) is 0 Å². The molecule has 2 amide bonds. The Morgan fingerprint density at radius 3 is 2.27 bits per heavy atom. The molecule has 236 valence electrons. The van der Waals surface area contributed by atoms with Crippen LogP contribution in [0.5, 0.6) is 11.5 Å². The minimum atomic E-state index is -4.29. The van der Waals surface area contributed by atoms with E-state index < -0.39 is 28.5 Å². The molecule has 0 radical (unpaired) electrons. The molecular formula is C32H37Cl2N3O6S. The fourth-order valence-electron chi connectivity index (χ4n) is 5.21. The monoisotopic (exact) mass is 661 g/mol. The Morgan fingerprint density at radius 2 is 1.64 bits per heavy atom. The van der Waals surface area contributed by atoms with Crippen molar-refractivity contribution in [3.8, 4) is 11.5 Å². The van der Waals surface area contributed by atoms with Gasteiger partial charge in [-0.25, -0.2) is 8.42 Å². The van der Waals surface area contributed by atoms with Crippen LogP contribution < -0.4 is 19.1 Å². The van der Waals surface area contributed by atoms with Gasteiger partial charge in [0, 0.05) is 22.6 Å². The van der Waals surface area contributed by atoms with Crippen molar-refractivity contribution in [3.63, 3.8) is 0 Å². The molecule has 44 heavy (non-hydrogen) atoms. The summed E-state index contributed by atoms with van der Waals surface area (Å²) < 4.78 is 39.9. The molecular weight excluding hydrogens is 625 g/mol. The van der Waals surface area contributed by atoms with Crippen molar-refractivity contribution >= 4 is 50.7 Å². The molecule has 0 bridgehead atoms. The molecule has 1 aliphatic carbocycles. The van der Waals surface area contributed by atoms with Gasteiger partial charge in [-0.2, -0.15) is 0 Å². The summed E-state index contributed by atoms with van der Waals surface area (Å²) >= 11 is 12.6. The third-order valence-electron chi connectivity index (χ3n) is 7.75. The number of amides is 2. The van der Waals surface area contributed by atoms with E-state index in [1.165, 1.54) is 43.4 Å². The summed E-state index contributed by atoms with van der Waals surface area (Å²) in [4.78, 5) is 29.0. The second-order valence-corrected chi connectivity index (χ2v) is 13.3. The van der Waals surface area contributed by atoms with Crippen LogP contribution in [0.15, 0.2) is 71.6 Å². The number of carbonyl (C=O) groups excluding carboxylic acids is 2. The van der Waals surface area contributed by atoms with E-state index in [1.807, 2.05) is 0 Å². The topological polar surface area (TPSA) is 105 Å². The Kier molecular flexibility index (Phi) is 11.4. The van der Waals surface area contributed by atoms with Crippen molar-refractivity contribution in [2.24, 2.45) is 0 Å². The van der Waals surface area contributed by atoms with E-state index in [2.05, 4.69) is 5.32 Å². The molecule has 9 nitrogen and oxygen atoms in total. The Balaban J connectivity index is 1.72. The fourth-order valence-corrected chi connectivity index (χ4v) is 7.10. The van der Waals surface area contributed by atoms with E-state index >= 15 is 0 Å². The number of hydrogen-bond donors (Lipinski definition) is 1. The van der Waals surface area contributed by atoms with Gasteiger partial charge in [-0.15, -0.1) is 0 Å². The van der Waals surface area contributed by atoms with E-state index in [-0.39, 0.29) is 34.8 Å². The summed E-state index contributed by atoms with van der Waals surface area (Å²) in [7, 11) is -1.38. The molecule has 1 unspecified atom stereocenters. The zero-order chi connectivity index (χ0) is 31.9. The summed E-state index contributed by atoms with van der Waals surface area (Å²) in [5.41, 5.74) is 0.728. The highest BCUT2D eigenvalue weighted by atomic mass is 35.5. The Bertz CT molecular complexity index is 1560. The van der Waals surface area contributed by atoms with E-state index in [4.69, 9.17) is 32.7 Å². The van der Waals surface area contributed by atoms with Crippen LogP contribution in [0.1, 0.15) is 44.6 Å². The lowest BCUT2D eigenvalue weighted by Gasteiger charge is -2.33. The number of benzene rings is 3. The predicted octanol–water partition coefficient (Wildman–Crippen LogP) is 6.07. The maximum absolute atomic E-state index is 14.2. The maximum atomic E-state index is 14.2. The van der Waals surface area contributed by atoms with E-state index in [0.717, 1.165) is 36.4 Å². The third kappa shape index (κ3) is 7.97. The number of carbonyl (C=O) groups is 2. The maximum Gasteiger partial charge on any atom is 0.264 e. The average Bonchev–Trinajstić information content (AvgIpc) is 3.03. The van der Waals surface area contributed by atoms with Crippen LogP contribution in [0, 0.1) is 0 Å². The molecule has 0 aliphatic heterocycles. The molecule has 0 saturated heterocycles. The second kappa shape index (κ2) is 15.0. The van der Waals surface area contributed by atoms with E-state index in [1.54, 1.807) is 49.4 Å². The highest BCUT2D eigenvalue weighted by molar-refractivity contribution is 7.92. The summed E-state index contributed by atoms with van der Waals surface area (Å²) in [5, 5.41) is 3.83. The number of methoxy groups -OCH3 is 2. The van der Waals surface area contributed by atoms with E-state index in [0.29, 0.717) is 21.4 Å². The number of rotatable bonds is 12. The molecule has 4 rings (SSSR count). The molecule has 0 spiro atoms. The SMILES string of the molecule is COc1ccc(S(=O)(=O)N(CC(=O)N(Cc2ccc(Cl)cc2Cl)C(C)C(=O)NC2CCCCC2)c2ccccc2OC)cc1. The predicted molar refractivity (Wildman–Crippen MR) is 172 cm³/mol. The number of nitrogens with zero attached hydrogens (tertiary/aromatic N) is 2. The summed E-state index contributed by atoms with van der Waals surface area (Å²) in [5.74, 6) is -0.192. The van der Waals surface area contributed by atoms with Crippen LogP contribution in [-0.2, 0) is 26.2 Å². The molecule has 1 atom stereocenters. The first kappa shape index (κ1) is 33.4. The highest BCUT2D eigenvalue weighted by Gasteiger charge is 2.34. The number of ether oxygens (including phenoxy) is 2. The van der Waals surface area contributed by atoms with Gasteiger partial charge in [0.1, 0.15) is 24.1 Å². The molecule has 3 aromatic carbocycles. The summed E-state index contributed by atoms with van der Waals surface area (Å²) in [6.45, 7) is 0.975. The lowest BCUT2D eigenvalue weighted by atomic mass is 9.95. The van der Waals surface area contributed by atoms with Crippen molar-refractivity contribution in [3.05, 3.63) is 82.3 Å². The number of para-hydroxylation sites is 2. The van der Waals surface area contributed by atoms with Gasteiger partial charge < -0.3 is 19.7 Å². The minimum Gasteiger partial charge on any atom is -0.497 e. The van der Waals surface area contributed by atoms with Crippen molar-refractivity contribution in [2.75, 3.05) is 25.1 Å². The van der Waals surface area contributed by atoms with Crippen LogP contribution >= 0.6 is 23.2 Å². The summed E-state index contributed by atoms with van der Waals surface area (Å²) in [6, 6.07) is 16.4. The standard InChI is InChI=1S/C32H37Cl2N3O6S/c1-22(32(39)35-25-9-5-4-6-10-25)36(20-23-13-14-24(33)19-28(23)34)31(38)21-37(29-11-7-8-12-30(29)43-3)44(40,41)27-17-15-26(42-2)16-18-27/h7-8,11-19,22,25H,4-6,9-10,20-21H2,1-3H3,(H,35,39). The van der Waals surface area contributed by atoms with Gasteiger partial charge in [0.2, 0.25) is 11.8 Å². The number of anilines is 1. The number of hydrogen-bond acceptors (Lipinski definition) is 6. The highest BCUT2D eigenvalue weighted by Crippen LogP contribution is 2.33. The van der Waals surface area contributed by atoms with Gasteiger partial charge in [0.05, 0.1) is 24.8 Å². The molecule has 0 heterocycles. The molecule has 3 aromatic rings. The normalized spacial score (nSPS) is 14.4. The van der Waals surface area contributed by atoms with Gasteiger partial charge >= 0.3 is 0 Å².